The molecule has 2 nitrogen and oxygen atoms in total. The molecule has 0 spiro atoms. The van der Waals surface area contributed by atoms with Gasteiger partial charge in [0.25, 0.3) is 0 Å². The van der Waals surface area contributed by atoms with E-state index in [0.717, 1.165) is 23.1 Å². The monoisotopic (exact) mass is 255 g/mol. The molecule has 0 radical (unpaired) electrons. The largest absolute Gasteiger partial charge is 0.492 e. The van der Waals surface area contributed by atoms with Gasteiger partial charge in [0.15, 0.2) is 0 Å². The van der Waals surface area contributed by atoms with Gasteiger partial charge in [-0.05, 0) is 37.5 Å². The van der Waals surface area contributed by atoms with Crippen LogP contribution in [0, 0.1) is 0 Å². The summed E-state index contributed by atoms with van der Waals surface area (Å²) in [5, 5.41) is 0. The van der Waals surface area contributed by atoms with E-state index in [4.69, 9.17) is 10.5 Å². The molecule has 2 N–H and O–H groups in total. The van der Waals surface area contributed by atoms with Crippen molar-refractivity contribution in [1.82, 2.24) is 0 Å². The minimum Gasteiger partial charge on any atom is -0.492 e. The first-order valence-electron chi connectivity index (χ1n) is 4.85. The summed E-state index contributed by atoms with van der Waals surface area (Å²) in [4.78, 5) is 0. The normalized spacial score (nSPS) is 18.7. The lowest BCUT2D eigenvalue weighted by molar-refractivity contribution is 0.142. The summed E-state index contributed by atoms with van der Waals surface area (Å²) < 4.78 is 6.68. The van der Waals surface area contributed by atoms with Gasteiger partial charge in [-0.2, -0.15) is 0 Å². The lowest BCUT2D eigenvalue weighted by Gasteiger charge is -2.37. The molecule has 1 aromatic rings. The van der Waals surface area contributed by atoms with Crippen LogP contribution in [0.2, 0.25) is 0 Å². The highest BCUT2D eigenvalue weighted by Crippen LogP contribution is 2.30. The van der Waals surface area contributed by atoms with Gasteiger partial charge in [-0.3, -0.25) is 0 Å². The second kappa shape index (κ2) is 3.91. The predicted molar refractivity (Wildman–Crippen MR) is 60.4 cm³/mol. The summed E-state index contributed by atoms with van der Waals surface area (Å²) >= 11 is 3.40. The molecule has 76 valence electrons. The third-order valence-corrected chi connectivity index (χ3v) is 3.16. The van der Waals surface area contributed by atoms with Gasteiger partial charge in [-0.1, -0.05) is 22.0 Å². The van der Waals surface area contributed by atoms with Crippen LogP contribution in [-0.4, -0.2) is 12.1 Å². The van der Waals surface area contributed by atoms with Crippen molar-refractivity contribution in [3.8, 4) is 5.75 Å². The molecule has 0 aromatic heterocycles. The highest BCUT2D eigenvalue weighted by Gasteiger charge is 2.33. The summed E-state index contributed by atoms with van der Waals surface area (Å²) in [5.74, 6) is 0.885. The van der Waals surface area contributed by atoms with Crippen LogP contribution in [0.15, 0.2) is 28.7 Å². The maximum absolute atomic E-state index is 6.05. The van der Waals surface area contributed by atoms with Crippen molar-refractivity contribution >= 4 is 15.9 Å². The summed E-state index contributed by atoms with van der Waals surface area (Å²) in [6.07, 6.45) is 3.40. The third kappa shape index (κ3) is 2.28. The second-order valence-electron chi connectivity index (χ2n) is 3.96. The highest BCUT2D eigenvalue weighted by molar-refractivity contribution is 9.10. The molecule has 1 aliphatic rings. The van der Waals surface area contributed by atoms with Gasteiger partial charge in [-0.25, -0.2) is 0 Å². The molecule has 1 aliphatic carbocycles. The molecular formula is C11H14BrNO. The average molecular weight is 256 g/mol. The number of ether oxygens (including phenoxy) is 1. The average Bonchev–Trinajstić information content (AvgIpc) is 2.12. The van der Waals surface area contributed by atoms with Crippen molar-refractivity contribution in [1.29, 1.82) is 0 Å². The van der Waals surface area contributed by atoms with Crippen LogP contribution >= 0.6 is 15.9 Å². The number of hydrogen-bond acceptors (Lipinski definition) is 2. The van der Waals surface area contributed by atoms with E-state index in [0.29, 0.717) is 6.61 Å². The zero-order chi connectivity index (χ0) is 10.0. The number of nitrogens with two attached hydrogens (primary N) is 1. The molecule has 0 unspecified atom stereocenters. The fraction of sp³-hybridized carbons (Fsp3) is 0.455. The van der Waals surface area contributed by atoms with Gasteiger partial charge < -0.3 is 10.5 Å². The molecular weight excluding hydrogens is 242 g/mol. The molecule has 3 heteroatoms. The Morgan fingerprint density at radius 1 is 1.43 bits per heavy atom. The molecule has 0 heterocycles. The van der Waals surface area contributed by atoms with E-state index >= 15 is 0 Å². The smallest absolute Gasteiger partial charge is 0.120 e. The summed E-state index contributed by atoms with van der Waals surface area (Å²) in [6.45, 7) is 0.628. The first kappa shape index (κ1) is 9.99. The van der Waals surface area contributed by atoms with Gasteiger partial charge in [-0.15, -0.1) is 0 Å². The Morgan fingerprint density at radius 2 is 2.21 bits per heavy atom. The molecule has 1 fully saturated rings. The van der Waals surface area contributed by atoms with E-state index in [9.17, 15) is 0 Å². The highest BCUT2D eigenvalue weighted by atomic mass is 79.9. The van der Waals surface area contributed by atoms with Crippen LogP contribution in [-0.2, 0) is 0 Å². The molecule has 1 aromatic carbocycles. The molecule has 0 aliphatic heterocycles. The Bertz CT molecular complexity index is 323. The minimum absolute atomic E-state index is 0.0671. The van der Waals surface area contributed by atoms with Crippen LogP contribution < -0.4 is 10.5 Å². The number of rotatable bonds is 3. The zero-order valence-electron chi connectivity index (χ0n) is 8.00. The first-order chi connectivity index (χ1) is 6.68. The number of benzene rings is 1. The maximum atomic E-state index is 6.05. The van der Waals surface area contributed by atoms with E-state index in [1.165, 1.54) is 6.42 Å². The molecule has 1 saturated carbocycles. The third-order valence-electron chi connectivity index (χ3n) is 2.67. The van der Waals surface area contributed by atoms with Crippen LogP contribution in [0.3, 0.4) is 0 Å². The molecule has 2 rings (SSSR count). The molecule has 0 amide bonds. The van der Waals surface area contributed by atoms with Crippen LogP contribution in [0.4, 0.5) is 0 Å². The Labute approximate surface area is 92.6 Å². The van der Waals surface area contributed by atoms with Crippen LogP contribution in [0.25, 0.3) is 0 Å². The van der Waals surface area contributed by atoms with Gasteiger partial charge in [0.1, 0.15) is 12.4 Å². The van der Waals surface area contributed by atoms with Gasteiger partial charge in [0, 0.05) is 4.47 Å². The van der Waals surface area contributed by atoms with Crippen LogP contribution in [0.1, 0.15) is 19.3 Å². The fourth-order valence-electron chi connectivity index (χ4n) is 1.56. The summed E-state index contributed by atoms with van der Waals surface area (Å²) in [7, 11) is 0. The molecule has 14 heavy (non-hydrogen) atoms. The Morgan fingerprint density at radius 3 is 2.79 bits per heavy atom. The van der Waals surface area contributed by atoms with Gasteiger partial charge in [0.05, 0.1) is 5.54 Å². The van der Waals surface area contributed by atoms with E-state index in [1.54, 1.807) is 0 Å². The molecule has 0 bridgehead atoms. The zero-order valence-corrected chi connectivity index (χ0v) is 9.59. The van der Waals surface area contributed by atoms with E-state index in [1.807, 2.05) is 24.3 Å². The van der Waals surface area contributed by atoms with Crippen LogP contribution in [0.5, 0.6) is 5.75 Å². The van der Waals surface area contributed by atoms with Gasteiger partial charge >= 0.3 is 0 Å². The lowest BCUT2D eigenvalue weighted by atomic mass is 9.78. The first-order valence-corrected chi connectivity index (χ1v) is 5.65. The fourth-order valence-corrected chi connectivity index (χ4v) is 1.94. The van der Waals surface area contributed by atoms with Crippen molar-refractivity contribution in [3.63, 3.8) is 0 Å². The van der Waals surface area contributed by atoms with Crippen molar-refractivity contribution in [2.45, 2.75) is 24.8 Å². The Hall–Kier alpha value is -0.540. The van der Waals surface area contributed by atoms with Crippen molar-refractivity contribution < 1.29 is 4.74 Å². The van der Waals surface area contributed by atoms with Crippen molar-refractivity contribution in [2.75, 3.05) is 6.61 Å². The lowest BCUT2D eigenvalue weighted by Crippen LogP contribution is -2.51. The predicted octanol–water partition coefficient (Wildman–Crippen LogP) is 2.71. The second-order valence-corrected chi connectivity index (χ2v) is 4.88. The summed E-state index contributed by atoms with van der Waals surface area (Å²) in [6, 6.07) is 7.85. The quantitative estimate of drug-likeness (QED) is 0.902. The molecule has 0 atom stereocenters. The van der Waals surface area contributed by atoms with E-state index in [2.05, 4.69) is 15.9 Å². The number of halogens is 1. The van der Waals surface area contributed by atoms with E-state index < -0.39 is 0 Å². The topological polar surface area (TPSA) is 35.2 Å². The summed E-state index contributed by atoms with van der Waals surface area (Å²) in [5.41, 5.74) is 5.98. The Balaban J connectivity index is 1.91. The van der Waals surface area contributed by atoms with Crippen molar-refractivity contribution in [2.24, 2.45) is 5.73 Å². The Kier molecular flexibility index (Phi) is 2.79. The minimum atomic E-state index is -0.0671. The molecule has 0 saturated heterocycles. The van der Waals surface area contributed by atoms with Crippen molar-refractivity contribution in [3.05, 3.63) is 28.7 Å². The standard InChI is InChI=1S/C11H14BrNO/c12-9-3-1-4-10(7-9)14-8-11(13)5-2-6-11/h1,3-4,7H,2,5-6,8,13H2. The SMILES string of the molecule is NC1(COc2cccc(Br)c2)CCC1. The number of hydrogen-bond donors (Lipinski definition) is 1. The van der Waals surface area contributed by atoms with Gasteiger partial charge in [0.2, 0.25) is 0 Å². The van der Waals surface area contributed by atoms with E-state index in [-0.39, 0.29) is 5.54 Å². The maximum Gasteiger partial charge on any atom is 0.120 e.